The van der Waals surface area contributed by atoms with Crippen molar-refractivity contribution in [3.63, 3.8) is 0 Å². The van der Waals surface area contributed by atoms with Crippen molar-refractivity contribution in [3.8, 4) is 0 Å². The SMILES string of the molecule is CNC[C@H](Cc1ccc2ccccc2c1)NC[C@H](Cc1ccc2ccccc2c1)NCC1(c2ccccc2)CC1. The van der Waals surface area contributed by atoms with E-state index in [2.05, 4.69) is 138 Å². The summed E-state index contributed by atoms with van der Waals surface area (Å²) in [5.41, 5.74) is 4.54. The standard InChI is InChI=1S/C37H41N3/c1-38-25-35(23-28-15-17-30-9-5-7-11-32(30)21-28)39-26-36(24-29-16-18-31-10-6-8-12-33(31)22-29)40-27-37(19-20-37)34-13-3-2-4-14-34/h2-18,21-22,35-36,38-40H,19-20,23-27H2,1H3/t35-,36-/m0/s1. The fraction of sp³-hybridized carbons (Fsp3) is 0.297. The molecule has 6 rings (SSSR count). The van der Waals surface area contributed by atoms with Crippen LogP contribution in [0.25, 0.3) is 21.5 Å². The van der Waals surface area contributed by atoms with Crippen LogP contribution in [0, 0.1) is 0 Å². The zero-order chi connectivity index (χ0) is 27.2. The summed E-state index contributed by atoms with van der Waals surface area (Å²) in [7, 11) is 2.05. The van der Waals surface area contributed by atoms with Crippen LogP contribution in [-0.2, 0) is 18.3 Å². The van der Waals surface area contributed by atoms with Gasteiger partial charge in [-0.05, 0) is 71.0 Å². The van der Waals surface area contributed by atoms with Gasteiger partial charge in [0.05, 0.1) is 0 Å². The Bertz CT molecular complexity index is 1540. The molecule has 0 aromatic heterocycles. The first kappa shape index (κ1) is 26.7. The molecule has 0 amide bonds. The number of hydrogen-bond acceptors (Lipinski definition) is 3. The summed E-state index contributed by atoms with van der Waals surface area (Å²) in [6.45, 7) is 2.89. The number of rotatable bonds is 13. The number of nitrogens with one attached hydrogen (secondary N) is 3. The maximum absolute atomic E-state index is 4.02. The van der Waals surface area contributed by atoms with E-state index in [1.165, 1.54) is 51.1 Å². The van der Waals surface area contributed by atoms with Crippen molar-refractivity contribution in [1.29, 1.82) is 0 Å². The fourth-order valence-corrected chi connectivity index (χ4v) is 6.14. The molecule has 3 nitrogen and oxygen atoms in total. The van der Waals surface area contributed by atoms with Crippen LogP contribution in [-0.4, -0.2) is 38.8 Å². The summed E-state index contributed by atoms with van der Waals surface area (Å²) in [6, 6.07) is 42.9. The Balaban J connectivity index is 1.17. The molecule has 0 aliphatic heterocycles. The molecule has 1 aliphatic carbocycles. The summed E-state index contributed by atoms with van der Waals surface area (Å²) in [5.74, 6) is 0. The second kappa shape index (κ2) is 12.3. The van der Waals surface area contributed by atoms with Gasteiger partial charge in [-0.15, -0.1) is 0 Å². The molecule has 2 atom stereocenters. The van der Waals surface area contributed by atoms with Crippen LogP contribution < -0.4 is 16.0 Å². The molecule has 1 fully saturated rings. The van der Waals surface area contributed by atoms with Gasteiger partial charge >= 0.3 is 0 Å². The van der Waals surface area contributed by atoms with Crippen molar-refractivity contribution >= 4 is 21.5 Å². The van der Waals surface area contributed by atoms with Gasteiger partial charge in [0.25, 0.3) is 0 Å². The molecule has 5 aromatic rings. The van der Waals surface area contributed by atoms with Crippen LogP contribution in [0.3, 0.4) is 0 Å². The maximum atomic E-state index is 4.02. The molecule has 5 aromatic carbocycles. The first-order chi connectivity index (χ1) is 19.7. The predicted octanol–water partition coefficient (Wildman–Crippen LogP) is 6.65. The van der Waals surface area contributed by atoms with Gasteiger partial charge in [0.2, 0.25) is 0 Å². The molecule has 0 radical (unpaired) electrons. The Morgan fingerprint density at radius 1 is 0.575 bits per heavy atom. The third-order valence-corrected chi connectivity index (χ3v) is 8.66. The van der Waals surface area contributed by atoms with E-state index in [0.29, 0.717) is 17.5 Å². The van der Waals surface area contributed by atoms with E-state index >= 15 is 0 Å². The predicted molar refractivity (Wildman–Crippen MR) is 170 cm³/mol. The van der Waals surface area contributed by atoms with E-state index in [-0.39, 0.29) is 0 Å². The van der Waals surface area contributed by atoms with Crippen LogP contribution in [0.1, 0.15) is 29.5 Å². The van der Waals surface area contributed by atoms with Crippen molar-refractivity contribution in [3.05, 3.63) is 132 Å². The highest BCUT2D eigenvalue weighted by Crippen LogP contribution is 2.47. The van der Waals surface area contributed by atoms with Gasteiger partial charge in [0.1, 0.15) is 0 Å². The van der Waals surface area contributed by atoms with Gasteiger partial charge in [0, 0.05) is 37.1 Å². The molecule has 204 valence electrons. The lowest BCUT2D eigenvalue weighted by atomic mass is 9.95. The van der Waals surface area contributed by atoms with Crippen molar-refractivity contribution in [2.45, 2.75) is 43.2 Å². The minimum atomic E-state index is 0.290. The summed E-state index contributed by atoms with van der Waals surface area (Å²) in [4.78, 5) is 0. The van der Waals surface area contributed by atoms with E-state index in [4.69, 9.17) is 0 Å². The number of likely N-dealkylation sites (N-methyl/N-ethyl adjacent to an activating group) is 1. The number of benzene rings is 5. The average Bonchev–Trinajstić information content (AvgIpc) is 3.80. The van der Waals surface area contributed by atoms with E-state index in [1.807, 2.05) is 0 Å². The maximum Gasteiger partial charge on any atom is 0.0233 e. The minimum absolute atomic E-state index is 0.290. The Hall–Kier alpha value is -3.50. The van der Waals surface area contributed by atoms with Crippen molar-refractivity contribution in [1.82, 2.24) is 16.0 Å². The van der Waals surface area contributed by atoms with Crippen LogP contribution in [0.4, 0.5) is 0 Å². The molecule has 0 bridgehead atoms. The third kappa shape index (κ3) is 6.45. The van der Waals surface area contributed by atoms with E-state index in [0.717, 1.165) is 32.5 Å². The summed E-state index contributed by atoms with van der Waals surface area (Å²) in [5, 5.41) is 16.6. The molecule has 3 heteroatoms. The third-order valence-electron chi connectivity index (χ3n) is 8.66. The fourth-order valence-electron chi connectivity index (χ4n) is 6.14. The molecular weight excluding hydrogens is 486 g/mol. The first-order valence-corrected chi connectivity index (χ1v) is 14.8. The number of hydrogen-bond donors (Lipinski definition) is 3. The average molecular weight is 528 g/mol. The largest absolute Gasteiger partial charge is 0.318 e. The Morgan fingerprint density at radius 3 is 1.65 bits per heavy atom. The molecule has 0 saturated heterocycles. The Labute approximate surface area is 239 Å². The lowest BCUT2D eigenvalue weighted by Crippen LogP contribution is -2.48. The quantitative estimate of drug-likeness (QED) is 0.161. The summed E-state index contributed by atoms with van der Waals surface area (Å²) >= 11 is 0. The molecule has 0 unspecified atom stereocenters. The van der Waals surface area contributed by atoms with E-state index in [1.54, 1.807) is 0 Å². The Morgan fingerprint density at radius 2 is 1.10 bits per heavy atom. The van der Waals surface area contributed by atoms with Crippen molar-refractivity contribution in [2.24, 2.45) is 0 Å². The van der Waals surface area contributed by atoms with Crippen LogP contribution >= 0.6 is 0 Å². The molecular formula is C37H41N3. The van der Waals surface area contributed by atoms with Gasteiger partial charge in [-0.2, -0.15) is 0 Å². The van der Waals surface area contributed by atoms with Gasteiger partial charge in [-0.25, -0.2) is 0 Å². The molecule has 0 heterocycles. The molecule has 40 heavy (non-hydrogen) atoms. The summed E-state index contributed by atoms with van der Waals surface area (Å²) < 4.78 is 0. The lowest BCUT2D eigenvalue weighted by Gasteiger charge is -2.27. The summed E-state index contributed by atoms with van der Waals surface area (Å²) in [6.07, 6.45) is 4.54. The van der Waals surface area contributed by atoms with Crippen molar-refractivity contribution < 1.29 is 0 Å². The highest BCUT2D eigenvalue weighted by molar-refractivity contribution is 5.83. The highest BCUT2D eigenvalue weighted by Gasteiger charge is 2.44. The van der Waals surface area contributed by atoms with Gasteiger partial charge < -0.3 is 16.0 Å². The van der Waals surface area contributed by atoms with Crippen LogP contribution in [0.2, 0.25) is 0 Å². The highest BCUT2D eigenvalue weighted by atomic mass is 15.0. The monoisotopic (exact) mass is 527 g/mol. The second-order valence-corrected chi connectivity index (χ2v) is 11.7. The van der Waals surface area contributed by atoms with Gasteiger partial charge in [-0.3, -0.25) is 0 Å². The topological polar surface area (TPSA) is 36.1 Å². The van der Waals surface area contributed by atoms with E-state index < -0.39 is 0 Å². The first-order valence-electron chi connectivity index (χ1n) is 14.8. The zero-order valence-corrected chi connectivity index (χ0v) is 23.6. The lowest BCUT2D eigenvalue weighted by molar-refractivity contribution is 0.404. The van der Waals surface area contributed by atoms with Gasteiger partial charge in [-0.1, -0.05) is 115 Å². The minimum Gasteiger partial charge on any atom is -0.318 e. The molecule has 0 spiro atoms. The molecule has 1 aliphatic rings. The molecule has 1 saturated carbocycles. The van der Waals surface area contributed by atoms with E-state index in [9.17, 15) is 0 Å². The smallest absolute Gasteiger partial charge is 0.0233 e. The molecule has 3 N–H and O–H groups in total. The zero-order valence-electron chi connectivity index (χ0n) is 23.6. The van der Waals surface area contributed by atoms with Crippen LogP contribution in [0.15, 0.2) is 115 Å². The van der Waals surface area contributed by atoms with Crippen molar-refractivity contribution in [2.75, 3.05) is 26.7 Å². The van der Waals surface area contributed by atoms with Crippen LogP contribution in [0.5, 0.6) is 0 Å². The Kier molecular flexibility index (Phi) is 8.24. The normalized spacial score (nSPS) is 15.7. The van der Waals surface area contributed by atoms with Gasteiger partial charge in [0.15, 0.2) is 0 Å². The second-order valence-electron chi connectivity index (χ2n) is 11.7. The number of fused-ring (bicyclic) bond motifs is 2.